The third-order valence-corrected chi connectivity index (χ3v) is 2.86. The first-order valence-electron chi connectivity index (χ1n) is 4.70. The molecule has 0 radical (unpaired) electrons. The monoisotopic (exact) mass is 271 g/mol. The molecule has 3 nitrogen and oxygen atoms in total. The van der Waals surface area contributed by atoms with Gasteiger partial charge in [-0.2, -0.15) is 0 Å². The van der Waals surface area contributed by atoms with Crippen LogP contribution in [-0.4, -0.2) is 4.92 Å². The highest BCUT2D eigenvalue weighted by molar-refractivity contribution is 9.08. The topological polar surface area (TPSA) is 43.1 Å². The molecule has 0 fully saturated rings. The zero-order chi connectivity index (χ0) is 11.6. The molecule has 0 unspecified atom stereocenters. The van der Waals surface area contributed by atoms with E-state index in [1.165, 1.54) is 0 Å². The number of nitro benzene ring substituents is 1. The average molecular weight is 272 g/mol. The van der Waals surface area contributed by atoms with Crippen LogP contribution in [0, 0.1) is 10.1 Å². The van der Waals surface area contributed by atoms with Gasteiger partial charge in [0.25, 0.3) is 5.69 Å². The number of alkyl halides is 1. The van der Waals surface area contributed by atoms with Crippen LogP contribution in [0.2, 0.25) is 0 Å². The lowest BCUT2D eigenvalue weighted by Gasteiger charge is -2.19. The van der Waals surface area contributed by atoms with Gasteiger partial charge in [0.2, 0.25) is 0 Å². The fraction of sp³-hybridized carbons (Fsp3) is 0.455. The van der Waals surface area contributed by atoms with Crippen LogP contribution >= 0.6 is 15.9 Å². The highest BCUT2D eigenvalue weighted by Gasteiger charge is 2.26. The molecule has 1 aromatic rings. The normalized spacial score (nSPS) is 11.5. The van der Waals surface area contributed by atoms with Gasteiger partial charge in [0, 0.05) is 16.5 Å². The molecule has 0 atom stereocenters. The van der Waals surface area contributed by atoms with E-state index in [4.69, 9.17) is 0 Å². The van der Waals surface area contributed by atoms with E-state index in [2.05, 4.69) is 15.9 Å². The summed E-state index contributed by atoms with van der Waals surface area (Å²) in [5, 5.41) is 11.5. The summed E-state index contributed by atoms with van der Waals surface area (Å²) in [6.45, 7) is 5.94. The van der Waals surface area contributed by atoms with Crippen molar-refractivity contribution in [2.45, 2.75) is 31.5 Å². The van der Waals surface area contributed by atoms with Gasteiger partial charge in [-0.3, -0.25) is 10.1 Å². The van der Waals surface area contributed by atoms with E-state index in [-0.39, 0.29) is 16.0 Å². The Hall–Kier alpha value is -0.900. The van der Waals surface area contributed by atoms with Crippen LogP contribution in [0.5, 0.6) is 0 Å². The van der Waals surface area contributed by atoms with Gasteiger partial charge in [0.05, 0.1) is 4.92 Å². The molecule has 1 rings (SSSR count). The summed E-state index contributed by atoms with van der Waals surface area (Å²) >= 11 is 3.27. The van der Waals surface area contributed by atoms with Crippen LogP contribution < -0.4 is 0 Å². The van der Waals surface area contributed by atoms with Crippen molar-refractivity contribution < 1.29 is 4.92 Å². The summed E-state index contributed by atoms with van der Waals surface area (Å²) in [5.41, 5.74) is 1.54. The van der Waals surface area contributed by atoms with Crippen molar-refractivity contribution in [1.82, 2.24) is 0 Å². The maximum absolute atomic E-state index is 11.0. The van der Waals surface area contributed by atoms with E-state index in [9.17, 15) is 10.1 Å². The fourth-order valence-corrected chi connectivity index (χ4v) is 1.97. The summed E-state index contributed by atoms with van der Waals surface area (Å²) in [4.78, 5) is 10.7. The highest BCUT2D eigenvalue weighted by Crippen LogP contribution is 2.34. The number of nitrogens with zero attached hydrogens (tertiary/aromatic N) is 1. The standard InChI is InChI=1S/C11H14BrNO2/c1-11(2,3)9-6-4-5-8(7-12)10(9)13(14)15/h4-6H,7H2,1-3H3. The molecule has 0 aliphatic heterocycles. The minimum absolute atomic E-state index is 0.208. The number of benzene rings is 1. The Labute approximate surface area is 97.8 Å². The largest absolute Gasteiger partial charge is 0.277 e. The Morgan fingerprint density at radius 3 is 2.40 bits per heavy atom. The quantitative estimate of drug-likeness (QED) is 0.467. The number of halogens is 1. The Morgan fingerprint density at radius 2 is 2.00 bits per heavy atom. The van der Waals surface area contributed by atoms with Crippen molar-refractivity contribution in [3.8, 4) is 0 Å². The van der Waals surface area contributed by atoms with Gasteiger partial charge in [-0.05, 0) is 5.41 Å². The van der Waals surface area contributed by atoms with Crippen LogP contribution in [0.1, 0.15) is 31.9 Å². The molecule has 0 saturated carbocycles. The third kappa shape index (κ3) is 2.56. The Kier molecular flexibility index (Phi) is 3.50. The molecule has 4 heteroatoms. The molecule has 0 heterocycles. The smallest absolute Gasteiger partial charge is 0.258 e. The van der Waals surface area contributed by atoms with Gasteiger partial charge in [-0.1, -0.05) is 54.9 Å². The predicted molar refractivity (Wildman–Crippen MR) is 64.4 cm³/mol. The van der Waals surface area contributed by atoms with E-state index in [0.29, 0.717) is 5.33 Å². The first-order chi connectivity index (χ1) is 6.88. The summed E-state index contributed by atoms with van der Waals surface area (Å²) in [5.74, 6) is 0. The van der Waals surface area contributed by atoms with Gasteiger partial charge >= 0.3 is 0 Å². The third-order valence-electron chi connectivity index (χ3n) is 2.25. The molecule has 0 aromatic heterocycles. The number of hydrogen-bond acceptors (Lipinski definition) is 2. The average Bonchev–Trinajstić information content (AvgIpc) is 2.15. The Balaban J connectivity index is 3.46. The molecule has 0 spiro atoms. The molecule has 82 valence electrons. The van der Waals surface area contributed by atoms with Gasteiger partial charge in [0.15, 0.2) is 0 Å². The molecule has 15 heavy (non-hydrogen) atoms. The minimum Gasteiger partial charge on any atom is -0.258 e. The van der Waals surface area contributed by atoms with Crippen molar-refractivity contribution in [2.24, 2.45) is 0 Å². The molecular formula is C11H14BrNO2. The summed E-state index contributed by atoms with van der Waals surface area (Å²) in [6.07, 6.45) is 0. The highest BCUT2D eigenvalue weighted by atomic mass is 79.9. The Bertz CT molecular complexity index is 383. The van der Waals surface area contributed by atoms with Crippen molar-refractivity contribution in [3.05, 3.63) is 39.4 Å². The van der Waals surface area contributed by atoms with Crippen molar-refractivity contribution in [1.29, 1.82) is 0 Å². The molecule has 0 amide bonds. The van der Waals surface area contributed by atoms with Gasteiger partial charge < -0.3 is 0 Å². The van der Waals surface area contributed by atoms with Gasteiger partial charge in [-0.25, -0.2) is 0 Å². The second-order valence-corrected chi connectivity index (χ2v) is 5.01. The lowest BCUT2D eigenvalue weighted by Crippen LogP contribution is -2.14. The maximum Gasteiger partial charge on any atom is 0.277 e. The predicted octanol–water partition coefficient (Wildman–Crippen LogP) is 3.79. The SMILES string of the molecule is CC(C)(C)c1cccc(CBr)c1[N+](=O)[O-]. The van der Waals surface area contributed by atoms with Gasteiger partial charge in [-0.15, -0.1) is 0 Å². The van der Waals surface area contributed by atoms with Gasteiger partial charge in [0.1, 0.15) is 0 Å². The maximum atomic E-state index is 11.0. The zero-order valence-corrected chi connectivity index (χ0v) is 10.7. The lowest BCUT2D eigenvalue weighted by molar-refractivity contribution is -0.386. The van der Waals surface area contributed by atoms with Crippen LogP contribution in [0.15, 0.2) is 18.2 Å². The summed E-state index contributed by atoms with van der Waals surface area (Å²) in [6, 6.07) is 5.47. The molecule has 0 aliphatic carbocycles. The molecular weight excluding hydrogens is 258 g/mol. The van der Waals surface area contributed by atoms with E-state index in [0.717, 1.165) is 11.1 Å². The summed E-state index contributed by atoms with van der Waals surface area (Å²) < 4.78 is 0. The van der Waals surface area contributed by atoms with Crippen LogP contribution in [0.25, 0.3) is 0 Å². The van der Waals surface area contributed by atoms with Crippen LogP contribution in [0.4, 0.5) is 5.69 Å². The summed E-state index contributed by atoms with van der Waals surface area (Å²) in [7, 11) is 0. The molecule has 0 aliphatic rings. The van der Waals surface area contributed by atoms with E-state index in [1.54, 1.807) is 6.07 Å². The van der Waals surface area contributed by atoms with E-state index < -0.39 is 0 Å². The lowest BCUT2D eigenvalue weighted by atomic mass is 9.85. The number of para-hydroxylation sites is 1. The first-order valence-corrected chi connectivity index (χ1v) is 5.83. The second kappa shape index (κ2) is 4.31. The van der Waals surface area contributed by atoms with Crippen molar-refractivity contribution in [2.75, 3.05) is 0 Å². The number of nitro groups is 1. The molecule has 1 aromatic carbocycles. The molecule has 0 saturated heterocycles. The second-order valence-electron chi connectivity index (χ2n) is 4.45. The zero-order valence-electron chi connectivity index (χ0n) is 9.08. The van der Waals surface area contributed by atoms with E-state index in [1.807, 2.05) is 32.9 Å². The van der Waals surface area contributed by atoms with Crippen molar-refractivity contribution in [3.63, 3.8) is 0 Å². The van der Waals surface area contributed by atoms with Crippen molar-refractivity contribution >= 4 is 21.6 Å². The minimum atomic E-state index is -0.294. The first kappa shape index (κ1) is 12.2. The molecule has 0 N–H and O–H groups in total. The molecule has 0 bridgehead atoms. The fourth-order valence-electron chi connectivity index (χ4n) is 1.52. The van der Waals surface area contributed by atoms with E-state index >= 15 is 0 Å². The van der Waals surface area contributed by atoms with Crippen LogP contribution in [-0.2, 0) is 10.7 Å². The number of rotatable bonds is 2. The van der Waals surface area contributed by atoms with Crippen LogP contribution in [0.3, 0.4) is 0 Å². The Morgan fingerprint density at radius 1 is 1.40 bits per heavy atom. The number of hydrogen-bond donors (Lipinski definition) is 0.